The molecule has 0 unspecified atom stereocenters. The number of nitrogens with zero attached hydrogens (tertiary/aromatic N) is 2. The van der Waals surface area contributed by atoms with Crippen LogP contribution in [0.25, 0.3) is 0 Å². The van der Waals surface area contributed by atoms with Gasteiger partial charge in [-0.1, -0.05) is 29.5 Å². The van der Waals surface area contributed by atoms with Crippen LogP contribution < -0.4 is 15.9 Å². The van der Waals surface area contributed by atoms with Gasteiger partial charge in [-0.3, -0.25) is 9.36 Å². The topological polar surface area (TPSA) is 68.4 Å². The lowest BCUT2D eigenvalue weighted by atomic mass is 9.97. The first-order chi connectivity index (χ1) is 14.5. The summed E-state index contributed by atoms with van der Waals surface area (Å²) in [4.78, 5) is 31.1. The number of amides is 1. The van der Waals surface area contributed by atoms with Gasteiger partial charge in [0, 0.05) is 16.9 Å². The van der Waals surface area contributed by atoms with E-state index in [4.69, 9.17) is 0 Å². The fourth-order valence-electron chi connectivity index (χ4n) is 3.94. The van der Waals surface area contributed by atoms with Crippen molar-refractivity contribution in [1.82, 2.24) is 9.55 Å². The highest BCUT2D eigenvalue weighted by Gasteiger charge is 2.21. The van der Waals surface area contributed by atoms with Crippen molar-refractivity contribution in [2.24, 2.45) is 0 Å². The maximum Gasteiger partial charge on any atom is 0.349 e. The molecule has 1 aromatic carbocycles. The zero-order valence-electron chi connectivity index (χ0n) is 18.3. The molecule has 0 radical (unpaired) electrons. The average molecular weight is 430 g/mol. The summed E-state index contributed by atoms with van der Waals surface area (Å²) >= 11 is 1.38. The fraction of sp³-hybridized carbons (Fsp3) is 0.522. The number of anilines is 1. The average Bonchev–Trinajstić information content (AvgIpc) is 2.76. The van der Waals surface area contributed by atoms with E-state index in [2.05, 4.69) is 24.1 Å². The quantitative estimate of drug-likeness (QED) is 0.473. The van der Waals surface area contributed by atoms with Crippen molar-refractivity contribution in [3.05, 3.63) is 51.6 Å². The standard InChI is InChI=1S/C23H32N4O2S/c1-4-26(5-2)14-15-27-20-9-7-6-8-19(20)22(25-23(27)29)30-16-21(28)24-18-12-10-17(3)11-13-18/h10-13H,4-9,14-16H2,1-3H3,(H,24,28)/p+1. The minimum Gasteiger partial charge on any atom is -0.334 e. The molecule has 0 saturated carbocycles. The maximum atomic E-state index is 12.8. The van der Waals surface area contributed by atoms with Gasteiger partial charge in [-0.05, 0) is 58.6 Å². The second-order valence-electron chi connectivity index (χ2n) is 7.89. The van der Waals surface area contributed by atoms with Crippen LogP contribution in [0.1, 0.15) is 43.5 Å². The van der Waals surface area contributed by atoms with Crippen LogP contribution in [0.3, 0.4) is 0 Å². The number of rotatable bonds is 9. The predicted molar refractivity (Wildman–Crippen MR) is 123 cm³/mol. The van der Waals surface area contributed by atoms with Crippen molar-refractivity contribution in [2.75, 3.05) is 30.7 Å². The molecule has 1 heterocycles. The Morgan fingerprint density at radius 1 is 1.17 bits per heavy atom. The van der Waals surface area contributed by atoms with Gasteiger partial charge in [0.1, 0.15) is 5.03 Å². The van der Waals surface area contributed by atoms with Gasteiger partial charge in [0.05, 0.1) is 31.9 Å². The SMILES string of the molecule is CC[NH+](CC)CCn1c2c(c(SCC(=O)Nc3ccc(C)cc3)nc1=O)CCCC2. The number of aromatic nitrogens is 2. The number of carbonyl (C=O) groups is 1. The Balaban J connectivity index is 1.72. The number of likely N-dealkylation sites (N-methyl/N-ethyl adjacent to an activating group) is 1. The van der Waals surface area contributed by atoms with Crippen molar-refractivity contribution in [2.45, 2.75) is 58.0 Å². The zero-order chi connectivity index (χ0) is 21.5. The highest BCUT2D eigenvalue weighted by atomic mass is 32.2. The fourth-order valence-corrected chi connectivity index (χ4v) is 4.82. The minimum atomic E-state index is -0.177. The molecule has 7 heteroatoms. The van der Waals surface area contributed by atoms with Gasteiger partial charge in [-0.15, -0.1) is 0 Å². The number of benzene rings is 1. The number of fused-ring (bicyclic) bond motifs is 1. The van der Waals surface area contributed by atoms with E-state index in [1.54, 1.807) is 0 Å². The Kier molecular flexibility index (Phi) is 8.10. The molecule has 162 valence electrons. The third-order valence-corrected chi connectivity index (χ3v) is 6.83. The Morgan fingerprint density at radius 2 is 1.87 bits per heavy atom. The second kappa shape index (κ2) is 10.8. The molecule has 0 aliphatic heterocycles. The largest absolute Gasteiger partial charge is 0.349 e. The van der Waals surface area contributed by atoms with Crippen LogP contribution in [0, 0.1) is 6.92 Å². The van der Waals surface area contributed by atoms with Crippen LogP contribution >= 0.6 is 11.8 Å². The monoisotopic (exact) mass is 429 g/mol. The van der Waals surface area contributed by atoms with Gasteiger partial charge >= 0.3 is 5.69 Å². The van der Waals surface area contributed by atoms with Crippen molar-refractivity contribution >= 4 is 23.4 Å². The minimum absolute atomic E-state index is 0.0791. The van der Waals surface area contributed by atoms with Crippen LogP contribution in [0.15, 0.2) is 34.1 Å². The molecule has 0 atom stereocenters. The first-order valence-electron chi connectivity index (χ1n) is 11.0. The summed E-state index contributed by atoms with van der Waals surface area (Å²) in [6.07, 6.45) is 4.07. The molecule has 3 rings (SSSR count). The molecule has 1 amide bonds. The highest BCUT2D eigenvalue weighted by molar-refractivity contribution is 8.00. The number of thioether (sulfide) groups is 1. The molecule has 1 aromatic heterocycles. The van der Waals surface area contributed by atoms with Crippen molar-refractivity contribution in [3.63, 3.8) is 0 Å². The van der Waals surface area contributed by atoms with E-state index in [0.717, 1.165) is 67.3 Å². The summed E-state index contributed by atoms with van der Waals surface area (Å²) in [6.45, 7) is 10.1. The third kappa shape index (κ3) is 5.73. The summed E-state index contributed by atoms with van der Waals surface area (Å²) < 4.78 is 1.89. The lowest BCUT2D eigenvalue weighted by molar-refractivity contribution is -0.897. The molecular formula is C23H33N4O2S+. The zero-order valence-corrected chi connectivity index (χ0v) is 19.1. The number of hydrogen-bond donors (Lipinski definition) is 2. The van der Waals surface area contributed by atoms with Gasteiger partial charge in [0.15, 0.2) is 0 Å². The Morgan fingerprint density at radius 3 is 2.57 bits per heavy atom. The lowest BCUT2D eigenvalue weighted by Gasteiger charge is -2.23. The van der Waals surface area contributed by atoms with Crippen LogP contribution in [-0.2, 0) is 24.2 Å². The Bertz CT molecular complexity index is 920. The van der Waals surface area contributed by atoms with Gasteiger partial charge in [0.2, 0.25) is 5.91 Å². The van der Waals surface area contributed by atoms with Crippen LogP contribution in [-0.4, -0.2) is 40.8 Å². The summed E-state index contributed by atoms with van der Waals surface area (Å²) in [6, 6.07) is 7.74. The van der Waals surface area contributed by atoms with Gasteiger partial charge in [-0.2, -0.15) is 4.98 Å². The predicted octanol–water partition coefficient (Wildman–Crippen LogP) is 2.09. The molecule has 1 aliphatic rings. The summed E-state index contributed by atoms with van der Waals surface area (Å²) in [5.41, 5.74) is 4.07. The maximum absolute atomic E-state index is 12.8. The van der Waals surface area contributed by atoms with E-state index in [9.17, 15) is 9.59 Å². The number of nitrogens with one attached hydrogen (secondary N) is 2. The van der Waals surface area contributed by atoms with E-state index in [1.807, 2.05) is 35.8 Å². The molecule has 6 nitrogen and oxygen atoms in total. The molecule has 30 heavy (non-hydrogen) atoms. The molecule has 1 aliphatic carbocycles. The van der Waals surface area contributed by atoms with E-state index >= 15 is 0 Å². The van der Waals surface area contributed by atoms with Gasteiger partial charge in [-0.25, -0.2) is 4.79 Å². The summed E-state index contributed by atoms with van der Waals surface area (Å²) in [7, 11) is 0. The Labute approximate surface area is 183 Å². The number of carbonyl (C=O) groups excluding carboxylic acids is 1. The smallest absolute Gasteiger partial charge is 0.334 e. The van der Waals surface area contributed by atoms with Crippen LogP contribution in [0.2, 0.25) is 0 Å². The van der Waals surface area contributed by atoms with E-state index in [1.165, 1.54) is 22.2 Å². The van der Waals surface area contributed by atoms with E-state index in [-0.39, 0.29) is 17.3 Å². The molecule has 2 aromatic rings. The highest BCUT2D eigenvalue weighted by Crippen LogP contribution is 2.28. The summed E-state index contributed by atoms with van der Waals surface area (Å²) in [5.74, 6) is 0.171. The van der Waals surface area contributed by atoms with Crippen LogP contribution in [0.5, 0.6) is 0 Å². The normalized spacial score (nSPS) is 13.3. The molecular weight excluding hydrogens is 396 g/mol. The van der Waals surface area contributed by atoms with E-state index < -0.39 is 0 Å². The first kappa shape index (κ1) is 22.6. The van der Waals surface area contributed by atoms with Gasteiger partial charge < -0.3 is 10.2 Å². The molecule has 2 N–H and O–H groups in total. The first-order valence-corrected chi connectivity index (χ1v) is 12.0. The molecule has 0 saturated heterocycles. The van der Waals surface area contributed by atoms with Crippen LogP contribution in [0.4, 0.5) is 5.69 Å². The molecule has 0 bridgehead atoms. The van der Waals surface area contributed by atoms with Crippen molar-refractivity contribution in [3.8, 4) is 0 Å². The molecule has 0 fully saturated rings. The van der Waals surface area contributed by atoms with E-state index in [0.29, 0.717) is 6.54 Å². The Hall–Kier alpha value is -2.12. The van der Waals surface area contributed by atoms with Crippen molar-refractivity contribution in [1.29, 1.82) is 0 Å². The summed E-state index contributed by atoms with van der Waals surface area (Å²) in [5, 5.41) is 3.65. The number of quaternary nitrogens is 1. The lowest BCUT2D eigenvalue weighted by Crippen LogP contribution is -3.11. The number of aryl methyl sites for hydroxylation is 1. The second-order valence-corrected chi connectivity index (χ2v) is 8.86. The van der Waals surface area contributed by atoms with Crippen molar-refractivity contribution < 1.29 is 9.69 Å². The third-order valence-electron chi connectivity index (χ3n) is 5.82. The number of hydrogen-bond acceptors (Lipinski definition) is 4. The van der Waals surface area contributed by atoms with Gasteiger partial charge in [0.25, 0.3) is 0 Å². The molecule has 0 spiro atoms.